The number of sulfonamides is 1. The average Bonchev–Trinajstić information content (AvgIpc) is 2.90. The minimum Gasteiger partial charge on any atom is -0.336 e. The average molecular weight is 374 g/mol. The summed E-state index contributed by atoms with van der Waals surface area (Å²) < 4.78 is 27.4. The van der Waals surface area contributed by atoms with Crippen LogP contribution in [0.3, 0.4) is 0 Å². The van der Waals surface area contributed by atoms with Gasteiger partial charge in [0.05, 0.1) is 11.1 Å². The van der Waals surface area contributed by atoms with Gasteiger partial charge in [0, 0.05) is 38.6 Å². The van der Waals surface area contributed by atoms with Crippen molar-refractivity contribution in [1.82, 2.24) is 19.2 Å². The molecule has 138 valence electrons. The largest absolute Gasteiger partial charge is 0.336 e. The Kier molecular flexibility index (Phi) is 5.33. The highest BCUT2D eigenvalue weighted by Crippen LogP contribution is 2.21. The lowest BCUT2D eigenvalue weighted by atomic mass is 10.1. The van der Waals surface area contributed by atoms with Crippen LogP contribution in [0.4, 0.5) is 0 Å². The summed E-state index contributed by atoms with van der Waals surface area (Å²) in [5, 5.41) is 0. The number of aromatic nitrogens is 2. The van der Waals surface area contributed by atoms with Crippen LogP contribution in [-0.2, 0) is 10.0 Å². The topological polar surface area (TPSA) is 83.5 Å². The zero-order valence-electron chi connectivity index (χ0n) is 14.9. The fraction of sp³-hybridized carbons (Fsp3) is 0.389. The SMILES string of the molecule is Cc1ccc(S(=O)(=O)N2CCCN(C(=O)c3cnccn3)CC2)cc1C. The number of amides is 1. The van der Waals surface area contributed by atoms with Gasteiger partial charge in [-0.15, -0.1) is 0 Å². The van der Waals surface area contributed by atoms with Crippen LogP contribution in [0.2, 0.25) is 0 Å². The second-order valence-electron chi connectivity index (χ2n) is 6.39. The zero-order valence-corrected chi connectivity index (χ0v) is 15.7. The van der Waals surface area contributed by atoms with Gasteiger partial charge in [0.15, 0.2) is 0 Å². The molecule has 1 aliphatic rings. The van der Waals surface area contributed by atoms with Gasteiger partial charge < -0.3 is 4.90 Å². The maximum absolute atomic E-state index is 13.0. The predicted molar refractivity (Wildman–Crippen MR) is 97.2 cm³/mol. The number of hydrogen-bond donors (Lipinski definition) is 0. The van der Waals surface area contributed by atoms with Crippen molar-refractivity contribution in [2.45, 2.75) is 25.2 Å². The summed E-state index contributed by atoms with van der Waals surface area (Å²) in [6, 6.07) is 5.17. The van der Waals surface area contributed by atoms with Crippen LogP contribution in [0.1, 0.15) is 28.0 Å². The third-order valence-corrected chi connectivity index (χ3v) is 6.54. The van der Waals surface area contributed by atoms with E-state index >= 15 is 0 Å². The molecule has 0 saturated carbocycles. The first kappa shape index (κ1) is 18.5. The Morgan fingerprint density at radius 3 is 2.54 bits per heavy atom. The molecule has 0 bridgehead atoms. The molecule has 2 heterocycles. The van der Waals surface area contributed by atoms with E-state index in [9.17, 15) is 13.2 Å². The molecular formula is C18H22N4O3S. The standard InChI is InChI=1S/C18H22N4O3S/c1-14-4-5-16(12-15(14)2)26(24,25)22-9-3-8-21(10-11-22)18(23)17-13-19-6-7-20-17/h4-7,12-13H,3,8-11H2,1-2H3. The summed E-state index contributed by atoms with van der Waals surface area (Å²) in [5.74, 6) is -0.219. The molecule has 3 rings (SSSR count). The number of nitrogens with zero attached hydrogens (tertiary/aromatic N) is 4. The first-order valence-corrected chi connectivity index (χ1v) is 9.96. The van der Waals surface area contributed by atoms with Crippen molar-refractivity contribution in [3.05, 3.63) is 53.6 Å². The fourth-order valence-corrected chi connectivity index (χ4v) is 4.49. The van der Waals surface area contributed by atoms with Gasteiger partial charge >= 0.3 is 0 Å². The summed E-state index contributed by atoms with van der Waals surface area (Å²) in [5.41, 5.74) is 2.28. The van der Waals surface area contributed by atoms with Gasteiger partial charge in [0.1, 0.15) is 5.69 Å². The van der Waals surface area contributed by atoms with E-state index in [-0.39, 0.29) is 18.1 Å². The van der Waals surface area contributed by atoms with E-state index in [0.29, 0.717) is 31.0 Å². The van der Waals surface area contributed by atoms with Gasteiger partial charge in [-0.1, -0.05) is 6.07 Å². The Morgan fingerprint density at radius 1 is 1.04 bits per heavy atom. The molecule has 1 aliphatic heterocycles. The van der Waals surface area contributed by atoms with E-state index in [1.54, 1.807) is 17.0 Å². The van der Waals surface area contributed by atoms with Gasteiger partial charge in [-0.3, -0.25) is 9.78 Å². The van der Waals surface area contributed by atoms with Crippen LogP contribution in [0, 0.1) is 13.8 Å². The van der Waals surface area contributed by atoms with Crippen molar-refractivity contribution in [1.29, 1.82) is 0 Å². The first-order valence-electron chi connectivity index (χ1n) is 8.52. The zero-order chi connectivity index (χ0) is 18.7. The van der Waals surface area contributed by atoms with E-state index in [2.05, 4.69) is 9.97 Å². The number of carbonyl (C=O) groups is 1. The fourth-order valence-electron chi connectivity index (χ4n) is 2.93. The highest BCUT2D eigenvalue weighted by atomic mass is 32.2. The molecule has 2 aromatic rings. The Labute approximate surface area is 153 Å². The molecule has 1 aromatic carbocycles. The van der Waals surface area contributed by atoms with Gasteiger partial charge in [-0.05, 0) is 43.5 Å². The van der Waals surface area contributed by atoms with Crippen molar-refractivity contribution < 1.29 is 13.2 Å². The molecule has 0 radical (unpaired) electrons. The highest BCUT2D eigenvalue weighted by molar-refractivity contribution is 7.89. The molecule has 0 spiro atoms. The first-order chi connectivity index (χ1) is 12.4. The summed E-state index contributed by atoms with van der Waals surface area (Å²) in [4.78, 5) is 22.4. The van der Waals surface area contributed by atoms with Crippen molar-refractivity contribution in [3.8, 4) is 0 Å². The molecule has 1 amide bonds. The third-order valence-electron chi connectivity index (χ3n) is 4.64. The number of carbonyl (C=O) groups excluding carboxylic acids is 1. The molecule has 1 saturated heterocycles. The van der Waals surface area contributed by atoms with E-state index in [1.165, 1.54) is 22.9 Å². The molecule has 26 heavy (non-hydrogen) atoms. The van der Waals surface area contributed by atoms with Crippen LogP contribution in [0.5, 0.6) is 0 Å². The van der Waals surface area contributed by atoms with E-state index in [4.69, 9.17) is 0 Å². The van der Waals surface area contributed by atoms with E-state index in [0.717, 1.165) is 11.1 Å². The summed E-state index contributed by atoms with van der Waals surface area (Å²) in [6.45, 7) is 5.33. The Hall–Kier alpha value is -2.32. The van der Waals surface area contributed by atoms with Crippen LogP contribution in [0.25, 0.3) is 0 Å². The van der Waals surface area contributed by atoms with Crippen LogP contribution < -0.4 is 0 Å². The Morgan fingerprint density at radius 2 is 1.85 bits per heavy atom. The van der Waals surface area contributed by atoms with E-state index < -0.39 is 10.0 Å². The molecule has 8 heteroatoms. The maximum atomic E-state index is 13.0. The smallest absolute Gasteiger partial charge is 0.274 e. The molecule has 0 unspecified atom stereocenters. The second kappa shape index (κ2) is 7.51. The Balaban J connectivity index is 1.75. The molecule has 7 nitrogen and oxygen atoms in total. The monoisotopic (exact) mass is 374 g/mol. The molecule has 1 fully saturated rings. The van der Waals surface area contributed by atoms with Crippen molar-refractivity contribution in [3.63, 3.8) is 0 Å². The molecule has 0 aliphatic carbocycles. The molecule has 0 atom stereocenters. The van der Waals surface area contributed by atoms with Crippen molar-refractivity contribution in [2.24, 2.45) is 0 Å². The van der Waals surface area contributed by atoms with Crippen LogP contribution in [-0.4, -0.2) is 59.7 Å². The minimum atomic E-state index is -3.57. The molecule has 0 N–H and O–H groups in total. The molecule has 1 aromatic heterocycles. The summed E-state index contributed by atoms with van der Waals surface area (Å²) in [7, 11) is -3.57. The van der Waals surface area contributed by atoms with Crippen LogP contribution >= 0.6 is 0 Å². The van der Waals surface area contributed by atoms with Crippen LogP contribution in [0.15, 0.2) is 41.7 Å². The highest BCUT2D eigenvalue weighted by Gasteiger charge is 2.29. The van der Waals surface area contributed by atoms with Gasteiger partial charge in [0.2, 0.25) is 10.0 Å². The number of rotatable bonds is 3. The number of hydrogen-bond acceptors (Lipinski definition) is 5. The summed E-state index contributed by atoms with van der Waals surface area (Å²) >= 11 is 0. The van der Waals surface area contributed by atoms with Gasteiger partial charge in [-0.25, -0.2) is 13.4 Å². The number of aryl methyl sites for hydroxylation is 2. The lowest BCUT2D eigenvalue weighted by Crippen LogP contribution is -2.37. The lowest BCUT2D eigenvalue weighted by molar-refractivity contribution is 0.0758. The summed E-state index contributed by atoms with van der Waals surface area (Å²) in [6.07, 6.45) is 4.99. The van der Waals surface area contributed by atoms with Crippen molar-refractivity contribution in [2.75, 3.05) is 26.2 Å². The quantitative estimate of drug-likeness (QED) is 0.815. The molecular weight excluding hydrogens is 352 g/mol. The Bertz CT molecular complexity index is 900. The van der Waals surface area contributed by atoms with Gasteiger partial charge in [0.25, 0.3) is 5.91 Å². The third kappa shape index (κ3) is 3.76. The lowest BCUT2D eigenvalue weighted by Gasteiger charge is -2.22. The number of benzene rings is 1. The predicted octanol–water partition coefficient (Wildman–Crippen LogP) is 1.63. The minimum absolute atomic E-state index is 0.219. The second-order valence-corrected chi connectivity index (χ2v) is 8.32. The van der Waals surface area contributed by atoms with Crippen molar-refractivity contribution >= 4 is 15.9 Å². The maximum Gasteiger partial charge on any atom is 0.274 e. The van der Waals surface area contributed by atoms with E-state index in [1.807, 2.05) is 19.9 Å². The normalized spacial score (nSPS) is 16.3. The van der Waals surface area contributed by atoms with Gasteiger partial charge in [-0.2, -0.15) is 4.31 Å².